The summed E-state index contributed by atoms with van der Waals surface area (Å²) >= 11 is 1.64. The van der Waals surface area contributed by atoms with E-state index >= 15 is 0 Å². The fourth-order valence-corrected chi connectivity index (χ4v) is 1.17. The average molecular weight is 153 g/mol. The van der Waals surface area contributed by atoms with Gasteiger partial charge in [-0.1, -0.05) is 18.7 Å². The van der Waals surface area contributed by atoms with E-state index < -0.39 is 0 Å². The van der Waals surface area contributed by atoms with Gasteiger partial charge in [0.15, 0.2) is 5.16 Å². The Morgan fingerprint density at radius 2 is 2.50 bits per heavy atom. The van der Waals surface area contributed by atoms with E-state index in [-0.39, 0.29) is 0 Å². The molecule has 0 atom stereocenters. The first-order chi connectivity index (χ1) is 4.83. The second-order valence-corrected chi connectivity index (χ2v) is 3.09. The molecule has 3 heteroatoms. The van der Waals surface area contributed by atoms with E-state index in [0.29, 0.717) is 0 Å². The largest absolute Gasteiger partial charge is 0.228 e. The summed E-state index contributed by atoms with van der Waals surface area (Å²) in [6, 6.07) is 1.78. The third kappa shape index (κ3) is 1.99. The molecule has 0 bridgehead atoms. The van der Waals surface area contributed by atoms with Crippen LogP contribution in [0.1, 0.15) is 12.6 Å². The first-order valence-corrected chi connectivity index (χ1v) is 4.16. The lowest BCUT2D eigenvalue weighted by molar-refractivity contribution is 0.927. The average Bonchev–Trinajstić information content (AvgIpc) is 1.88. The van der Waals surface area contributed by atoms with Crippen LogP contribution in [0.15, 0.2) is 11.2 Å². The Labute approximate surface area is 65.1 Å². The lowest BCUT2D eigenvalue weighted by atomic mass is 10.5. The van der Waals surface area contributed by atoms with Crippen molar-refractivity contribution in [3.8, 4) is 0 Å². The highest BCUT2D eigenvalue weighted by Gasteiger charge is 1.93. The molecule has 0 N–H and O–H groups in total. The summed E-state index contributed by atoms with van der Waals surface area (Å²) in [6.07, 6.45) is 2.78. The number of thioether (sulfide) groups is 1. The van der Waals surface area contributed by atoms with Crippen molar-refractivity contribution in [2.75, 3.05) is 5.75 Å². The standard InChI is InChI=1S/C7H9N2S/c1-3-10-7-8-5-4-6(2)9-7/h4H,3H2,1-2H3. The van der Waals surface area contributed by atoms with Crippen molar-refractivity contribution in [2.24, 2.45) is 0 Å². The fourth-order valence-electron chi connectivity index (χ4n) is 0.583. The van der Waals surface area contributed by atoms with Gasteiger partial charge >= 0.3 is 0 Å². The van der Waals surface area contributed by atoms with Gasteiger partial charge < -0.3 is 0 Å². The molecule has 10 heavy (non-hydrogen) atoms. The van der Waals surface area contributed by atoms with E-state index in [9.17, 15) is 0 Å². The minimum absolute atomic E-state index is 0.822. The summed E-state index contributed by atoms with van der Waals surface area (Å²) in [6.45, 7) is 4.02. The molecule has 1 rings (SSSR count). The van der Waals surface area contributed by atoms with Crippen LogP contribution in [-0.4, -0.2) is 15.7 Å². The Kier molecular flexibility index (Phi) is 2.68. The van der Waals surface area contributed by atoms with E-state index in [1.165, 1.54) is 0 Å². The van der Waals surface area contributed by atoms with Gasteiger partial charge in [0.05, 0.1) is 6.20 Å². The zero-order chi connectivity index (χ0) is 7.40. The Hall–Kier alpha value is -0.570. The Morgan fingerprint density at radius 3 is 3.10 bits per heavy atom. The number of hydrogen-bond donors (Lipinski definition) is 0. The van der Waals surface area contributed by atoms with Crippen molar-refractivity contribution in [1.29, 1.82) is 0 Å². The molecule has 1 aromatic rings. The maximum atomic E-state index is 4.18. The molecule has 0 spiro atoms. The molecular formula is C7H9N2S. The van der Waals surface area contributed by atoms with Crippen LogP contribution in [0, 0.1) is 13.1 Å². The van der Waals surface area contributed by atoms with Gasteiger partial charge in [-0.2, -0.15) is 0 Å². The Bertz CT molecular complexity index is 213. The van der Waals surface area contributed by atoms with Crippen molar-refractivity contribution in [1.82, 2.24) is 9.97 Å². The van der Waals surface area contributed by atoms with Crippen LogP contribution >= 0.6 is 11.8 Å². The summed E-state index contributed by atoms with van der Waals surface area (Å²) in [7, 11) is 0. The number of aromatic nitrogens is 2. The van der Waals surface area contributed by atoms with E-state index in [0.717, 1.165) is 16.6 Å². The molecule has 0 amide bonds. The van der Waals surface area contributed by atoms with Gasteiger partial charge in [-0.25, -0.2) is 9.97 Å². The summed E-state index contributed by atoms with van der Waals surface area (Å²) in [5.41, 5.74) is 0.978. The van der Waals surface area contributed by atoms with Crippen LogP contribution in [0.4, 0.5) is 0 Å². The van der Waals surface area contributed by atoms with E-state index in [2.05, 4.69) is 23.1 Å². The zero-order valence-corrected chi connectivity index (χ0v) is 6.90. The summed E-state index contributed by atoms with van der Waals surface area (Å²) in [5, 5.41) is 0.822. The quantitative estimate of drug-likeness (QED) is 0.477. The SMILES string of the molecule is CCSc1n[c]cc(C)n1. The van der Waals surface area contributed by atoms with E-state index in [4.69, 9.17) is 0 Å². The summed E-state index contributed by atoms with van der Waals surface area (Å²) in [4.78, 5) is 8.14. The second-order valence-electron chi connectivity index (χ2n) is 1.85. The maximum absolute atomic E-state index is 4.18. The van der Waals surface area contributed by atoms with Crippen molar-refractivity contribution in [3.05, 3.63) is 18.0 Å². The van der Waals surface area contributed by atoms with Gasteiger partial charge in [0.2, 0.25) is 0 Å². The molecule has 1 aromatic heterocycles. The molecule has 0 fully saturated rings. The fraction of sp³-hybridized carbons (Fsp3) is 0.429. The van der Waals surface area contributed by atoms with Gasteiger partial charge in [0, 0.05) is 5.69 Å². The smallest absolute Gasteiger partial charge is 0.188 e. The van der Waals surface area contributed by atoms with Gasteiger partial charge in [0.1, 0.15) is 0 Å². The predicted octanol–water partition coefficient (Wildman–Crippen LogP) is 1.70. The summed E-state index contributed by atoms with van der Waals surface area (Å²) in [5.74, 6) is 1.01. The number of nitrogens with zero attached hydrogens (tertiary/aromatic N) is 2. The molecule has 0 aromatic carbocycles. The van der Waals surface area contributed by atoms with E-state index in [1.807, 2.05) is 6.92 Å². The van der Waals surface area contributed by atoms with Crippen LogP contribution in [0.25, 0.3) is 0 Å². The number of hydrogen-bond acceptors (Lipinski definition) is 3. The summed E-state index contributed by atoms with van der Waals surface area (Å²) < 4.78 is 0. The first-order valence-electron chi connectivity index (χ1n) is 3.17. The molecule has 0 aliphatic rings. The molecule has 0 aliphatic heterocycles. The first kappa shape index (κ1) is 7.54. The molecular weight excluding hydrogens is 144 g/mol. The Morgan fingerprint density at radius 1 is 1.70 bits per heavy atom. The highest BCUT2D eigenvalue weighted by Crippen LogP contribution is 2.10. The van der Waals surface area contributed by atoms with Crippen molar-refractivity contribution >= 4 is 11.8 Å². The van der Waals surface area contributed by atoms with Crippen LogP contribution in [0.5, 0.6) is 0 Å². The van der Waals surface area contributed by atoms with Gasteiger partial charge in [0.25, 0.3) is 0 Å². The second kappa shape index (κ2) is 3.56. The minimum atomic E-state index is 0.822. The number of rotatable bonds is 2. The lowest BCUT2D eigenvalue weighted by Gasteiger charge is -1.94. The van der Waals surface area contributed by atoms with Gasteiger partial charge in [-0.15, -0.1) is 0 Å². The number of aryl methyl sites for hydroxylation is 1. The highest BCUT2D eigenvalue weighted by molar-refractivity contribution is 7.99. The molecule has 1 heterocycles. The third-order valence-corrected chi connectivity index (χ3v) is 1.71. The third-order valence-electron chi connectivity index (χ3n) is 0.979. The molecule has 0 aliphatic carbocycles. The molecule has 2 nitrogen and oxygen atoms in total. The molecule has 1 radical (unpaired) electrons. The van der Waals surface area contributed by atoms with Gasteiger partial charge in [-0.05, 0) is 18.7 Å². The minimum Gasteiger partial charge on any atom is -0.228 e. The van der Waals surface area contributed by atoms with Crippen LogP contribution in [0.3, 0.4) is 0 Å². The predicted molar refractivity (Wildman–Crippen MR) is 42.0 cm³/mol. The van der Waals surface area contributed by atoms with Crippen molar-refractivity contribution < 1.29 is 0 Å². The normalized spacial score (nSPS) is 9.80. The van der Waals surface area contributed by atoms with Crippen molar-refractivity contribution in [3.63, 3.8) is 0 Å². The molecule has 0 saturated heterocycles. The van der Waals surface area contributed by atoms with Crippen LogP contribution in [0.2, 0.25) is 0 Å². The zero-order valence-electron chi connectivity index (χ0n) is 6.09. The highest BCUT2D eigenvalue weighted by atomic mass is 32.2. The van der Waals surface area contributed by atoms with Gasteiger partial charge in [-0.3, -0.25) is 0 Å². The molecule has 0 unspecified atom stereocenters. The monoisotopic (exact) mass is 153 g/mol. The molecule has 0 saturated carbocycles. The maximum Gasteiger partial charge on any atom is 0.188 e. The topological polar surface area (TPSA) is 25.8 Å². The van der Waals surface area contributed by atoms with E-state index in [1.54, 1.807) is 17.8 Å². The lowest BCUT2D eigenvalue weighted by Crippen LogP contribution is -1.87. The van der Waals surface area contributed by atoms with Crippen LogP contribution < -0.4 is 0 Å². The Balaban J connectivity index is 2.75. The van der Waals surface area contributed by atoms with Crippen LogP contribution in [-0.2, 0) is 0 Å². The van der Waals surface area contributed by atoms with Crippen molar-refractivity contribution in [2.45, 2.75) is 19.0 Å². The molecule has 53 valence electrons.